The van der Waals surface area contributed by atoms with Gasteiger partial charge < -0.3 is 10.1 Å². The zero-order valence-electron chi connectivity index (χ0n) is 19.9. The molecule has 1 atom stereocenters. The Labute approximate surface area is 206 Å². The molecule has 0 radical (unpaired) electrons. The van der Waals surface area contributed by atoms with Crippen LogP contribution < -0.4 is 14.4 Å². The van der Waals surface area contributed by atoms with Gasteiger partial charge in [0.05, 0.1) is 28.6 Å². The third-order valence-corrected chi connectivity index (χ3v) is 8.36. The summed E-state index contributed by atoms with van der Waals surface area (Å²) in [6.07, 6.45) is 1.12. The topological polar surface area (TPSA) is 110 Å². The summed E-state index contributed by atoms with van der Waals surface area (Å²) >= 11 is 0. The highest BCUT2D eigenvalue weighted by atomic mass is 32.2. The highest BCUT2D eigenvalue weighted by Gasteiger charge is 2.28. The van der Waals surface area contributed by atoms with Crippen LogP contribution >= 0.6 is 0 Å². The molecule has 10 heteroatoms. The SMILES string of the molecule is COc1ccc(S(=O)(=O)N(CC(=O)NC(C)c2ccc(S(C)(=O)=O)cc2)c2ccc(C)cc2)cc1. The fourth-order valence-electron chi connectivity index (χ4n) is 3.41. The normalized spacial score (nSPS) is 12.6. The van der Waals surface area contributed by atoms with Crippen LogP contribution in [0, 0.1) is 6.92 Å². The predicted octanol–water partition coefficient (Wildman–Crippen LogP) is 3.48. The van der Waals surface area contributed by atoms with Crippen molar-refractivity contribution in [2.24, 2.45) is 0 Å². The van der Waals surface area contributed by atoms with E-state index in [1.807, 2.05) is 6.92 Å². The number of methoxy groups -OCH3 is 1. The first-order valence-electron chi connectivity index (χ1n) is 10.7. The summed E-state index contributed by atoms with van der Waals surface area (Å²) in [5.41, 5.74) is 1.99. The van der Waals surface area contributed by atoms with Crippen molar-refractivity contribution in [3.05, 3.63) is 83.9 Å². The van der Waals surface area contributed by atoms with Gasteiger partial charge in [0.25, 0.3) is 10.0 Å². The predicted molar refractivity (Wildman–Crippen MR) is 135 cm³/mol. The summed E-state index contributed by atoms with van der Waals surface area (Å²) in [6.45, 7) is 3.18. The van der Waals surface area contributed by atoms with E-state index in [4.69, 9.17) is 4.74 Å². The molecule has 0 fully saturated rings. The quantitative estimate of drug-likeness (QED) is 0.466. The van der Waals surface area contributed by atoms with E-state index in [0.29, 0.717) is 17.0 Å². The first-order valence-corrected chi connectivity index (χ1v) is 14.1. The summed E-state index contributed by atoms with van der Waals surface area (Å²) < 4.78 is 56.5. The monoisotopic (exact) mass is 516 g/mol. The van der Waals surface area contributed by atoms with Crippen molar-refractivity contribution in [2.45, 2.75) is 29.7 Å². The Balaban J connectivity index is 1.85. The fourth-order valence-corrected chi connectivity index (χ4v) is 5.46. The number of rotatable bonds is 9. The molecule has 0 aliphatic rings. The van der Waals surface area contributed by atoms with Gasteiger partial charge in [0.15, 0.2) is 9.84 Å². The molecule has 0 heterocycles. The second kappa shape index (κ2) is 10.5. The number of benzene rings is 3. The van der Waals surface area contributed by atoms with Gasteiger partial charge in [-0.15, -0.1) is 0 Å². The first-order chi connectivity index (χ1) is 16.4. The van der Waals surface area contributed by atoms with E-state index < -0.39 is 38.4 Å². The average molecular weight is 517 g/mol. The van der Waals surface area contributed by atoms with Crippen molar-refractivity contribution >= 4 is 31.5 Å². The lowest BCUT2D eigenvalue weighted by atomic mass is 10.1. The molecule has 3 aromatic carbocycles. The lowest BCUT2D eigenvalue weighted by Gasteiger charge is -2.25. The molecule has 1 N–H and O–H groups in total. The van der Waals surface area contributed by atoms with E-state index in [0.717, 1.165) is 16.1 Å². The Hall–Kier alpha value is -3.37. The van der Waals surface area contributed by atoms with Crippen molar-refractivity contribution in [3.63, 3.8) is 0 Å². The maximum absolute atomic E-state index is 13.5. The Kier molecular flexibility index (Phi) is 7.86. The number of anilines is 1. The molecule has 0 aliphatic heterocycles. The molecule has 0 bridgehead atoms. The molecule has 3 aromatic rings. The second-order valence-corrected chi connectivity index (χ2v) is 12.0. The maximum Gasteiger partial charge on any atom is 0.264 e. The summed E-state index contributed by atoms with van der Waals surface area (Å²) in [6, 6.07) is 18.5. The van der Waals surface area contributed by atoms with E-state index in [2.05, 4.69) is 5.32 Å². The number of nitrogens with zero attached hydrogens (tertiary/aromatic N) is 1. The molecule has 1 unspecified atom stereocenters. The number of sulfonamides is 1. The van der Waals surface area contributed by atoms with Crippen molar-refractivity contribution in [1.29, 1.82) is 0 Å². The third kappa shape index (κ3) is 6.40. The van der Waals surface area contributed by atoms with Crippen molar-refractivity contribution in [1.82, 2.24) is 5.32 Å². The minimum Gasteiger partial charge on any atom is -0.497 e. The van der Waals surface area contributed by atoms with Gasteiger partial charge in [0, 0.05) is 6.26 Å². The van der Waals surface area contributed by atoms with Crippen LogP contribution in [0.25, 0.3) is 0 Å². The zero-order valence-corrected chi connectivity index (χ0v) is 21.6. The van der Waals surface area contributed by atoms with Crippen LogP contribution in [0.15, 0.2) is 82.6 Å². The Morgan fingerprint density at radius 2 is 1.43 bits per heavy atom. The van der Waals surface area contributed by atoms with Crippen LogP contribution in [-0.2, 0) is 24.7 Å². The van der Waals surface area contributed by atoms with Crippen LogP contribution in [0.5, 0.6) is 5.75 Å². The molecule has 8 nitrogen and oxygen atoms in total. The van der Waals surface area contributed by atoms with Crippen LogP contribution in [0.2, 0.25) is 0 Å². The molecule has 0 saturated carbocycles. The van der Waals surface area contributed by atoms with Gasteiger partial charge in [-0.1, -0.05) is 29.8 Å². The molecular weight excluding hydrogens is 488 g/mol. The molecule has 186 valence electrons. The number of amides is 1. The lowest BCUT2D eigenvalue weighted by molar-refractivity contribution is -0.120. The summed E-state index contributed by atoms with van der Waals surface area (Å²) in [5.74, 6) is 0.00152. The number of aryl methyl sites for hydroxylation is 1. The molecule has 0 spiro atoms. The Morgan fingerprint density at radius 3 is 1.94 bits per heavy atom. The Bertz CT molecular complexity index is 1380. The van der Waals surface area contributed by atoms with E-state index in [9.17, 15) is 21.6 Å². The molecule has 1 amide bonds. The van der Waals surface area contributed by atoms with Crippen molar-refractivity contribution in [2.75, 3.05) is 24.2 Å². The number of carbonyl (C=O) groups excluding carboxylic acids is 1. The van der Waals surface area contributed by atoms with Crippen LogP contribution in [0.4, 0.5) is 5.69 Å². The minimum absolute atomic E-state index is 0.0242. The average Bonchev–Trinajstić information content (AvgIpc) is 2.82. The number of sulfone groups is 1. The third-order valence-electron chi connectivity index (χ3n) is 5.44. The van der Waals surface area contributed by atoms with Crippen LogP contribution in [0.1, 0.15) is 24.1 Å². The van der Waals surface area contributed by atoms with Gasteiger partial charge >= 0.3 is 0 Å². The standard InChI is InChI=1S/C25H28N2O6S2/c1-18-5-9-21(10-6-18)27(35(31,32)24-15-11-22(33-3)12-16-24)17-25(28)26-19(2)20-7-13-23(14-8-20)34(4,29)30/h5-16,19H,17H2,1-4H3,(H,26,28). The highest BCUT2D eigenvalue weighted by molar-refractivity contribution is 7.93. The van der Waals surface area contributed by atoms with Gasteiger partial charge in [-0.05, 0) is 67.9 Å². The number of hydrogen-bond acceptors (Lipinski definition) is 6. The first kappa shape index (κ1) is 26.2. The van der Waals surface area contributed by atoms with Gasteiger partial charge in [-0.25, -0.2) is 16.8 Å². The molecule has 35 heavy (non-hydrogen) atoms. The largest absolute Gasteiger partial charge is 0.497 e. The smallest absolute Gasteiger partial charge is 0.264 e. The maximum atomic E-state index is 13.5. The molecule has 0 aromatic heterocycles. The summed E-state index contributed by atoms with van der Waals surface area (Å²) in [7, 11) is -5.90. The summed E-state index contributed by atoms with van der Waals surface area (Å²) in [5, 5.41) is 2.79. The second-order valence-electron chi connectivity index (χ2n) is 8.15. The van der Waals surface area contributed by atoms with Crippen molar-refractivity contribution in [3.8, 4) is 5.75 Å². The fraction of sp³-hybridized carbons (Fsp3) is 0.240. The molecule has 3 rings (SSSR count). The number of ether oxygens (including phenoxy) is 1. The van der Waals surface area contributed by atoms with E-state index >= 15 is 0 Å². The van der Waals surface area contributed by atoms with Gasteiger partial charge in [0.1, 0.15) is 12.3 Å². The van der Waals surface area contributed by atoms with Crippen LogP contribution in [0.3, 0.4) is 0 Å². The van der Waals surface area contributed by atoms with Gasteiger partial charge in [-0.3, -0.25) is 9.10 Å². The molecular formula is C25H28N2O6S2. The molecule has 0 aliphatic carbocycles. The summed E-state index contributed by atoms with van der Waals surface area (Å²) in [4.78, 5) is 13.1. The van der Waals surface area contributed by atoms with E-state index in [1.54, 1.807) is 55.5 Å². The van der Waals surface area contributed by atoms with Crippen molar-refractivity contribution < 1.29 is 26.4 Å². The van der Waals surface area contributed by atoms with E-state index in [1.165, 1.54) is 31.4 Å². The van der Waals surface area contributed by atoms with Crippen LogP contribution in [-0.4, -0.2) is 42.7 Å². The zero-order chi connectivity index (χ0) is 25.8. The van der Waals surface area contributed by atoms with Gasteiger partial charge in [0.2, 0.25) is 5.91 Å². The van der Waals surface area contributed by atoms with Gasteiger partial charge in [-0.2, -0.15) is 0 Å². The Morgan fingerprint density at radius 1 is 0.886 bits per heavy atom. The number of hydrogen-bond donors (Lipinski definition) is 1. The number of carbonyl (C=O) groups is 1. The number of nitrogens with one attached hydrogen (secondary N) is 1. The highest BCUT2D eigenvalue weighted by Crippen LogP contribution is 2.26. The lowest BCUT2D eigenvalue weighted by Crippen LogP contribution is -2.41. The minimum atomic E-state index is -4.06. The molecule has 0 saturated heterocycles. The van der Waals surface area contributed by atoms with E-state index in [-0.39, 0.29) is 9.79 Å².